The van der Waals surface area contributed by atoms with Gasteiger partial charge in [0, 0.05) is 3.57 Å². The fourth-order valence-electron chi connectivity index (χ4n) is 1.03. The second-order valence-corrected chi connectivity index (χ2v) is 4.12. The number of benzene rings is 1. The summed E-state index contributed by atoms with van der Waals surface area (Å²) in [5, 5.41) is 0.251. The normalized spacial score (nSPS) is 10.3. The molecule has 0 aliphatic carbocycles. The van der Waals surface area contributed by atoms with Crippen LogP contribution in [0.3, 0.4) is 0 Å². The predicted molar refractivity (Wildman–Crippen MR) is 58.1 cm³/mol. The van der Waals surface area contributed by atoms with Crippen LogP contribution in [0.1, 0.15) is 18.9 Å². The van der Waals surface area contributed by atoms with Gasteiger partial charge in [0.2, 0.25) is 0 Å². The maximum absolute atomic E-state index is 13.3. The van der Waals surface area contributed by atoms with E-state index >= 15 is 0 Å². The average molecular weight is 299 g/mol. The zero-order valence-electron chi connectivity index (χ0n) is 6.70. The Bertz CT molecular complexity index is 286. The summed E-state index contributed by atoms with van der Waals surface area (Å²) in [5.41, 5.74) is 0.711. The molecule has 0 unspecified atom stereocenters. The minimum Gasteiger partial charge on any atom is -0.205 e. The molecule has 66 valence electrons. The van der Waals surface area contributed by atoms with Crippen molar-refractivity contribution in [1.29, 1.82) is 0 Å². The summed E-state index contributed by atoms with van der Waals surface area (Å²) in [6.45, 7) is 2.02. The molecular formula is C9H9ClFI. The molecule has 0 atom stereocenters. The third-order valence-corrected chi connectivity index (χ3v) is 3.22. The second-order valence-electron chi connectivity index (χ2n) is 2.58. The maximum Gasteiger partial charge on any atom is 0.146 e. The van der Waals surface area contributed by atoms with Gasteiger partial charge in [0.25, 0.3) is 0 Å². The molecule has 0 saturated heterocycles. The monoisotopic (exact) mass is 298 g/mol. The van der Waals surface area contributed by atoms with Gasteiger partial charge in [0.15, 0.2) is 0 Å². The quantitative estimate of drug-likeness (QED) is 0.571. The smallest absolute Gasteiger partial charge is 0.146 e. The van der Waals surface area contributed by atoms with E-state index in [0.29, 0.717) is 5.56 Å². The zero-order valence-corrected chi connectivity index (χ0v) is 9.62. The van der Waals surface area contributed by atoms with Crippen LogP contribution in [0.25, 0.3) is 0 Å². The van der Waals surface area contributed by atoms with Crippen molar-refractivity contribution in [1.82, 2.24) is 0 Å². The molecular weight excluding hydrogens is 289 g/mol. The molecule has 0 heterocycles. The summed E-state index contributed by atoms with van der Waals surface area (Å²) >= 11 is 7.76. The van der Waals surface area contributed by atoms with Gasteiger partial charge >= 0.3 is 0 Å². The SMILES string of the molecule is CCCc1ccc(I)c(Cl)c1F. The van der Waals surface area contributed by atoms with Crippen molar-refractivity contribution < 1.29 is 4.39 Å². The van der Waals surface area contributed by atoms with Crippen LogP contribution in [-0.2, 0) is 6.42 Å². The van der Waals surface area contributed by atoms with Crippen molar-refractivity contribution in [2.75, 3.05) is 0 Å². The lowest BCUT2D eigenvalue weighted by Gasteiger charge is -2.03. The number of hydrogen-bond donors (Lipinski definition) is 0. The van der Waals surface area contributed by atoms with Crippen LogP contribution in [0.2, 0.25) is 5.02 Å². The predicted octanol–water partition coefficient (Wildman–Crippen LogP) is 4.04. The van der Waals surface area contributed by atoms with E-state index in [1.165, 1.54) is 0 Å². The summed E-state index contributed by atoms with van der Waals surface area (Å²) in [5.74, 6) is -0.259. The third-order valence-electron chi connectivity index (χ3n) is 1.63. The van der Waals surface area contributed by atoms with E-state index in [4.69, 9.17) is 11.6 Å². The first-order valence-electron chi connectivity index (χ1n) is 3.79. The Hall–Kier alpha value is 0.170. The van der Waals surface area contributed by atoms with Crippen LogP contribution in [0, 0.1) is 9.39 Å². The fourth-order valence-corrected chi connectivity index (χ4v) is 1.63. The number of aryl methyl sites for hydroxylation is 1. The van der Waals surface area contributed by atoms with Crippen LogP contribution in [-0.4, -0.2) is 0 Å². The lowest BCUT2D eigenvalue weighted by atomic mass is 10.1. The first kappa shape index (κ1) is 10.3. The molecule has 1 rings (SSSR count). The van der Waals surface area contributed by atoms with E-state index in [2.05, 4.69) is 0 Å². The third kappa shape index (κ3) is 2.10. The van der Waals surface area contributed by atoms with Gasteiger partial charge in [0.05, 0.1) is 5.02 Å². The molecule has 0 spiro atoms. The Kier molecular flexibility index (Phi) is 3.77. The van der Waals surface area contributed by atoms with E-state index in [-0.39, 0.29) is 10.8 Å². The van der Waals surface area contributed by atoms with Crippen LogP contribution in [0.4, 0.5) is 4.39 Å². The first-order chi connectivity index (χ1) is 5.66. The van der Waals surface area contributed by atoms with Gasteiger partial charge in [-0.25, -0.2) is 4.39 Å². The zero-order chi connectivity index (χ0) is 9.14. The van der Waals surface area contributed by atoms with Crippen molar-refractivity contribution in [3.8, 4) is 0 Å². The van der Waals surface area contributed by atoms with E-state index in [1.54, 1.807) is 6.07 Å². The molecule has 0 aliphatic heterocycles. The highest BCUT2D eigenvalue weighted by atomic mass is 127. The molecule has 0 N–H and O–H groups in total. The fraction of sp³-hybridized carbons (Fsp3) is 0.333. The first-order valence-corrected chi connectivity index (χ1v) is 5.25. The van der Waals surface area contributed by atoms with Gasteiger partial charge in [-0.05, 0) is 40.6 Å². The Morgan fingerprint density at radius 1 is 1.50 bits per heavy atom. The summed E-state index contributed by atoms with van der Waals surface area (Å²) in [4.78, 5) is 0. The second kappa shape index (κ2) is 4.42. The topological polar surface area (TPSA) is 0 Å². The van der Waals surface area contributed by atoms with Crippen molar-refractivity contribution in [2.24, 2.45) is 0 Å². The van der Waals surface area contributed by atoms with Crippen molar-refractivity contribution in [3.63, 3.8) is 0 Å². The minimum absolute atomic E-state index is 0.251. The summed E-state index contributed by atoms with van der Waals surface area (Å²) in [6.07, 6.45) is 1.69. The molecule has 3 heteroatoms. The molecule has 0 radical (unpaired) electrons. The molecule has 0 aliphatic rings. The van der Waals surface area contributed by atoms with Gasteiger partial charge in [-0.15, -0.1) is 0 Å². The van der Waals surface area contributed by atoms with Crippen LogP contribution >= 0.6 is 34.2 Å². The van der Waals surface area contributed by atoms with Gasteiger partial charge in [-0.2, -0.15) is 0 Å². The molecule has 1 aromatic carbocycles. The number of hydrogen-bond acceptors (Lipinski definition) is 0. The van der Waals surface area contributed by atoms with E-state index in [0.717, 1.165) is 16.4 Å². The lowest BCUT2D eigenvalue weighted by molar-refractivity contribution is 0.607. The van der Waals surface area contributed by atoms with E-state index in [1.807, 2.05) is 35.6 Å². The average Bonchev–Trinajstić information content (AvgIpc) is 2.07. The Labute approximate surface area is 90.3 Å². The molecule has 0 amide bonds. The van der Waals surface area contributed by atoms with Crippen molar-refractivity contribution in [3.05, 3.63) is 32.1 Å². The largest absolute Gasteiger partial charge is 0.205 e. The van der Waals surface area contributed by atoms with E-state index < -0.39 is 0 Å². The standard InChI is InChI=1S/C9H9ClFI/c1-2-3-6-4-5-7(12)8(10)9(6)11/h4-5H,2-3H2,1H3. The lowest BCUT2D eigenvalue weighted by Crippen LogP contribution is -1.92. The molecule has 0 nitrogen and oxygen atoms in total. The number of rotatable bonds is 2. The highest BCUT2D eigenvalue weighted by molar-refractivity contribution is 14.1. The summed E-state index contributed by atoms with van der Waals surface area (Å²) < 4.78 is 14.1. The molecule has 0 saturated carbocycles. The van der Waals surface area contributed by atoms with Crippen LogP contribution in [0.5, 0.6) is 0 Å². The number of halogens is 3. The molecule has 0 bridgehead atoms. The van der Waals surface area contributed by atoms with Crippen LogP contribution in [0.15, 0.2) is 12.1 Å². The Morgan fingerprint density at radius 2 is 2.17 bits per heavy atom. The molecule has 12 heavy (non-hydrogen) atoms. The Morgan fingerprint density at radius 3 is 2.75 bits per heavy atom. The minimum atomic E-state index is -0.259. The van der Waals surface area contributed by atoms with Gasteiger partial charge < -0.3 is 0 Å². The van der Waals surface area contributed by atoms with Gasteiger partial charge in [0.1, 0.15) is 5.82 Å². The highest BCUT2D eigenvalue weighted by Gasteiger charge is 2.08. The molecule has 0 aromatic heterocycles. The van der Waals surface area contributed by atoms with Gasteiger partial charge in [-0.1, -0.05) is 31.0 Å². The molecule has 1 aromatic rings. The van der Waals surface area contributed by atoms with Crippen molar-refractivity contribution >= 4 is 34.2 Å². The van der Waals surface area contributed by atoms with Crippen molar-refractivity contribution in [2.45, 2.75) is 19.8 Å². The van der Waals surface area contributed by atoms with Gasteiger partial charge in [-0.3, -0.25) is 0 Å². The van der Waals surface area contributed by atoms with Crippen LogP contribution < -0.4 is 0 Å². The molecule has 0 fully saturated rings. The van der Waals surface area contributed by atoms with E-state index in [9.17, 15) is 4.39 Å². The maximum atomic E-state index is 13.3. The summed E-state index contributed by atoms with van der Waals surface area (Å²) in [7, 11) is 0. The Balaban J connectivity index is 3.08. The summed E-state index contributed by atoms with van der Waals surface area (Å²) in [6, 6.07) is 3.64. The highest BCUT2D eigenvalue weighted by Crippen LogP contribution is 2.25.